The zero-order valence-corrected chi connectivity index (χ0v) is 18.6. The van der Waals surface area contributed by atoms with Crippen LogP contribution in [0, 0.1) is 17.0 Å². The highest BCUT2D eigenvalue weighted by molar-refractivity contribution is 6.04. The van der Waals surface area contributed by atoms with Crippen molar-refractivity contribution < 1.29 is 4.92 Å². The van der Waals surface area contributed by atoms with Gasteiger partial charge in [0, 0.05) is 43.5 Å². The van der Waals surface area contributed by atoms with Gasteiger partial charge in [0.15, 0.2) is 0 Å². The average molecular weight is 443 g/mol. The van der Waals surface area contributed by atoms with Crippen molar-refractivity contribution in [3.05, 3.63) is 74.8 Å². The highest BCUT2D eigenvalue weighted by atomic mass is 16.6. The second-order valence-electron chi connectivity index (χ2n) is 7.97. The number of pyridine rings is 2. The van der Waals surface area contributed by atoms with Gasteiger partial charge in [0.1, 0.15) is 5.69 Å². The van der Waals surface area contributed by atoms with Gasteiger partial charge in [0.05, 0.1) is 39.1 Å². The number of aryl methyl sites for hydroxylation is 4. The van der Waals surface area contributed by atoms with Crippen molar-refractivity contribution in [1.82, 2.24) is 28.9 Å². The molecule has 0 fully saturated rings. The molecule has 0 saturated carbocycles. The van der Waals surface area contributed by atoms with Gasteiger partial charge in [-0.25, -0.2) is 4.79 Å². The molecule has 0 bridgehead atoms. The van der Waals surface area contributed by atoms with E-state index >= 15 is 0 Å². The first-order chi connectivity index (χ1) is 15.8. The number of benzene rings is 1. The Balaban J connectivity index is 1.83. The smallest absolute Gasteiger partial charge is 0.293 e. The van der Waals surface area contributed by atoms with Gasteiger partial charge in [-0.15, -0.1) is 0 Å². The van der Waals surface area contributed by atoms with Gasteiger partial charge in [-0.1, -0.05) is 13.0 Å². The maximum Gasteiger partial charge on any atom is 0.333 e. The van der Waals surface area contributed by atoms with Crippen LogP contribution in [0.2, 0.25) is 0 Å². The maximum atomic E-state index is 13.2. The predicted octanol–water partition coefficient (Wildman–Crippen LogP) is 3.45. The van der Waals surface area contributed by atoms with Crippen LogP contribution in [0.15, 0.2) is 47.7 Å². The topological polar surface area (TPSA) is 114 Å². The van der Waals surface area contributed by atoms with Crippen LogP contribution in [-0.2, 0) is 20.5 Å². The molecule has 5 aromatic rings. The van der Waals surface area contributed by atoms with Crippen molar-refractivity contribution in [3.63, 3.8) is 0 Å². The van der Waals surface area contributed by atoms with Gasteiger partial charge in [0.25, 0.3) is 5.69 Å². The SMILES string of the molecule is CCc1ncc(-c2ccc3ncc4c(c3c2)n(-c2cn(C)nc2C)c(=O)n4C)cc1[N+](=O)[O-]. The second kappa shape index (κ2) is 7.37. The largest absolute Gasteiger partial charge is 0.333 e. The molecule has 0 aliphatic heterocycles. The zero-order valence-electron chi connectivity index (χ0n) is 18.6. The van der Waals surface area contributed by atoms with Crippen LogP contribution in [0.4, 0.5) is 5.69 Å². The number of hydrogen-bond acceptors (Lipinski definition) is 6. The number of imidazole rings is 1. The van der Waals surface area contributed by atoms with Crippen molar-refractivity contribution in [2.45, 2.75) is 20.3 Å². The number of rotatable bonds is 4. The summed E-state index contributed by atoms with van der Waals surface area (Å²) in [4.78, 5) is 33.2. The lowest BCUT2D eigenvalue weighted by molar-refractivity contribution is -0.385. The third-order valence-corrected chi connectivity index (χ3v) is 5.92. The van der Waals surface area contributed by atoms with E-state index in [4.69, 9.17) is 0 Å². The maximum absolute atomic E-state index is 13.2. The number of hydrogen-bond donors (Lipinski definition) is 0. The van der Waals surface area contributed by atoms with Crippen LogP contribution in [-0.4, -0.2) is 33.8 Å². The summed E-state index contributed by atoms with van der Waals surface area (Å²) in [5.74, 6) is 0. The Kier molecular flexibility index (Phi) is 4.59. The molecule has 5 rings (SSSR count). The first-order valence-corrected chi connectivity index (χ1v) is 10.4. The quantitative estimate of drug-likeness (QED) is 0.310. The van der Waals surface area contributed by atoms with E-state index in [1.165, 1.54) is 0 Å². The number of nitrogens with zero attached hydrogens (tertiary/aromatic N) is 7. The molecule has 0 spiro atoms. The Bertz CT molecular complexity index is 1640. The molecule has 0 atom stereocenters. The summed E-state index contributed by atoms with van der Waals surface area (Å²) < 4.78 is 4.88. The molecule has 33 heavy (non-hydrogen) atoms. The van der Waals surface area contributed by atoms with Gasteiger partial charge in [-0.05, 0) is 31.0 Å². The Labute approximate surface area is 187 Å². The minimum atomic E-state index is -0.407. The molecule has 0 aliphatic rings. The zero-order chi connectivity index (χ0) is 23.4. The average Bonchev–Trinajstić information content (AvgIpc) is 3.27. The molecule has 0 radical (unpaired) electrons. The fourth-order valence-electron chi connectivity index (χ4n) is 4.28. The number of aromatic nitrogens is 6. The molecule has 166 valence electrons. The van der Waals surface area contributed by atoms with Crippen molar-refractivity contribution in [2.24, 2.45) is 14.1 Å². The van der Waals surface area contributed by atoms with E-state index in [1.807, 2.05) is 45.3 Å². The summed E-state index contributed by atoms with van der Waals surface area (Å²) in [6.07, 6.45) is 5.61. The van der Waals surface area contributed by atoms with Crippen molar-refractivity contribution >= 4 is 27.6 Å². The lowest BCUT2D eigenvalue weighted by atomic mass is 10.0. The van der Waals surface area contributed by atoms with E-state index in [0.717, 1.165) is 16.6 Å². The summed E-state index contributed by atoms with van der Waals surface area (Å²) >= 11 is 0. The minimum absolute atomic E-state index is 0.00552. The van der Waals surface area contributed by atoms with Crippen molar-refractivity contribution in [2.75, 3.05) is 0 Å². The van der Waals surface area contributed by atoms with Gasteiger partial charge in [-0.3, -0.25) is 33.9 Å². The van der Waals surface area contributed by atoms with Gasteiger partial charge >= 0.3 is 5.69 Å². The number of nitro groups is 1. The summed E-state index contributed by atoms with van der Waals surface area (Å²) in [5, 5.41) is 16.7. The Morgan fingerprint density at radius 1 is 1.09 bits per heavy atom. The van der Waals surface area contributed by atoms with Crippen LogP contribution in [0.1, 0.15) is 18.3 Å². The Morgan fingerprint density at radius 2 is 1.88 bits per heavy atom. The van der Waals surface area contributed by atoms with E-state index < -0.39 is 4.92 Å². The fraction of sp³-hybridized carbons (Fsp3) is 0.217. The normalized spacial score (nSPS) is 11.5. The standard InChI is InChI=1S/C23H21N7O3/c1-5-17-19(30(32)33)9-15(10-24-17)14-6-7-18-16(8-14)22-20(11-25-18)28(4)23(31)29(22)21-12-27(3)26-13(21)2/h6-12H,5H2,1-4H3. The number of fused-ring (bicyclic) bond motifs is 3. The van der Waals surface area contributed by atoms with E-state index in [9.17, 15) is 14.9 Å². The molecular formula is C23H21N7O3. The van der Waals surface area contributed by atoms with Crippen molar-refractivity contribution in [1.29, 1.82) is 0 Å². The summed E-state index contributed by atoms with van der Waals surface area (Å²) in [7, 11) is 3.52. The highest BCUT2D eigenvalue weighted by Gasteiger charge is 2.20. The molecule has 10 heteroatoms. The molecule has 0 N–H and O–H groups in total. The molecular weight excluding hydrogens is 422 g/mol. The third kappa shape index (κ3) is 3.10. The van der Waals surface area contributed by atoms with Gasteiger partial charge in [-0.2, -0.15) is 5.10 Å². The fourth-order valence-corrected chi connectivity index (χ4v) is 4.28. The molecule has 0 aliphatic carbocycles. The van der Waals surface area contributed by atoms with Crippen LogP contribution in [0.3, 0.4) is 0 Å². The van der Waals surface area contributed by atoms with Crippen LogP contribution in [0.25, 0.3) is 38.8 Å². The monoisotopic (exact) mass is 443 g/mol. The van der Waals surface area contributed by atoms with Crippen LogP contribution >= 0.6 is 0 Å². The first-order valence-electron chi connectivity index (χ1n) is 10.4. The van der Waals surface area contributed by atoms with Crippen molar-refractivity contribution in [3.8, 4) is 16.8 Å². The van der Waals surface area contributed by atoms with Gasteiger partial charge in [0.2, 0.25) is 0 Å². The minimum Gasteiger partial charge on any atom is -0.293 e. The predicted molar refractivity (Wildman–Crippen MR) is 125 cm³/mol. The Morgan fingerprint density at radius 3 is 2.55 bits per heavy atom. The molecule has 0 unspecified atom stereocenters. The van der Waals surface area contributed by atoms with E-state index in [1.54, 1.807) is 39.3 Å². The van der Waals surface area contributed by atoms with Gasteiger partial charge < -0.3 is 0 Å². The summed E-state index contributed by atoms with van der Waals surface area (Å²) in [6, 6.07) is 7.15. The van der Waals surface area contributed by atoms with Crippen LogP contribution in [0.5, 0.6) is 0 Å². The molecule has 4 aromatic heterocycles. The van der Waals surface area contributed by atoms with E-state index in [2.05, 4.69) is 15.1 Å². The second-order valence-corrected chi connectivity index (χ2v) is 7.97. The molecule has 1 aromatic carbocycles. The highest BCUT2D eigenvalue weighted by Crippen LogP contribution is 2.31. The molecule has 10 nitrogen and oxygen atoms in total. The Hall–Kier alpha value is -4.34. The molecule has 0 amide bonds. The third-order valence-electron chi connectivity index (χ3n) is 5.92. The first kappa shape index (κ1) is 20.6. The molecule has 0 saturated heterocycles. The lowest BCUT2D eigenvalue weighted by Crippen LogP contribution is -2.21. The lowest BCUT2D eigenvalue weighted by Gasteiger charge is -2.08. The van der Waals surface area contributed by atoms with E-state index in [0.29, 0.717) is 39.9 Å². The summed E-state index contributed by atoms with van der Waals surface area (Å²) in [6.45, 7) is 3.69. The molecule has 4 heterocycles. The summed E-state index contributed by atoms with van der Waals surface area (Å²) in [5.41, 5.74) is 5.12. The van der Waals surface area contributed by atoms with Crippen LogP contribution < -0.4 is 5.69 Å². The van der Waals surface area contributed by atoms with E-state index in [-0.39, 0.29) is 11.4 Å².